The van der Waals surface area contributed by atoms with Gasteiger partial charge in [-0.15, -0.1) is 23.1 Å². The molecule has 1 aliphatic rings. The summed E-state index contributed by atoms with van der Waals surface area (Å²) >= 11 is 3.26. The molecule has 3 rings (SSSR count). The van der Waals surface area contributed by atoms with E-state index >= 15 is 0 Å². The van der Waals surface area contributed by atoms with E-state index in [4.69, 9.17) is 4.74 Å². The average Bonchev–Trinajstić information content (AvgIpc) is 3.07. The van der Waals surface area contributed by atoms with E-state index in [1.54, 1.807) is 23.1 Å². The van der Waals surface area contributed by atoms with Gasteiger partial charge in [-0.2, -0.15) is 0 Å². The van der Waals surface area contributed by atoms with Crippen LogP contribution >= 0.6 is 23.1 Å². The lowest BCUT2D eigenvalue weighted by Crippen LogP contribution is -2.40. The highest BCUT2D eigenvalue weighted by atomic mass is 32.2. The molecule has 1 amide bonds. The van der Waals surface area contributed by atoms with Gasteiger partial charge < -0.3 is 9.64 Å². The molecule has 0 N–H and O–H groups in total. The molecule has 0 radical (unpaired) electrons. The van der Waals surface area contributed by atoms with Crippen molar-refractivity contribution >= 4 is 29.0 Å². The molecule has 6 heteroatoms. The number of nitrogens with zero attached hydrogens (tertiary/aromatic N) is 2. The summed E-state index contributed by atoms with van der Waals surface area (Å²) in [5, 5.41) is 2.04. The fourth-order valence-electron chi connectivity index (χ4n) is 2.17. The Balaban J connectivity index is 1.73. The summed E-state index contributed by atoms with van der Waals surface area (Å²) in [6, 6.07) is 7.80. The molecule has 1 saturated heterocycles. The van der Waals surface area contributed by atoms with Crippen LogP contribution in [-0.2, 0) is 10.5 Å². The van der Waals surface area contributed by atoms with Gasteiger partial charge in [0.1, 0.15) is 0 Å². The topological polar surface area (TPSA) is 42.4 Å². The average molecular weight is 320 g/mol. The molecule has 1 aliphatic heterocycles. The van der Waals surface area contributed by atoms with Gasteiger partial charge in [-0.05, 0) is 12.1 Å². The van der Waals surface area contributed by atoms with Gasteiger partial charge in [0.2, 0.25) is 0 Å². The van der Waals surface area contributed by atoms with E-state index in [1.165, 1.54) is 0 Å². The van der Waals surface area contributed by atoms with Gasteiger partial charge in [0, 0.05) is 29.1 Å². The third-order valence-electron chi connectivity index (χ3n) is 3.27. The molecule has 0 bridgehead atoms. The molecule has 2 aromatic rings. The number of aromatic nitrogens is 1. The number of carbonyl (C=O) groups is 1. The summed E-state index contributed by atoms with van der Waals surface area (Å²) in [5.41, 5.74) is 3.67. The minimum absolute atomic E-state index is 0.0969. The second kappa shape index (κ2) is 7.06. The number of thioether (sulfide) groups is 1. The number of ether oxygens (including phenoxy) is 1. The van der Waals surface area contributed by atoms with Crippen LogP contribution in [0.2, 0.25) is 0 Å². The summed E-state index contributed by atoms with van der Waals surface area (Å²) in [5.74, 6) is 0.886. The van der Waals surface area contributed by atoms with Gasteiger partial charge >= 0.3 is 0 Å². The predicted octanol–water partition coefficient (Wildman–Crippen LogP) is 2.91. The van der Waals surface area contributed by atoms with E-state index in [9.17, 15) is 4.79 Å². The smallest absolute Gasteiger partial charge is 0.255 e. The summed E-state index contributed by atoms with van der Waals surface area (Å²) in [6.07, 6.45) is 0. The van der Waals surface area contributed by atoms with Crippen molar-refractivity contribution in [3.8, 4) is 0 Å². The van der Waals surface area contributed by atoms with E-state index in [2.05, 4.69) is 4.98 Å². The highest BCUT2D eigenvalue weighted by Crippen LogP contribution is 2.27. The standard InChI is InChI=1S/C15H16N2O2S2/c18-15(17-5-7-19-8-6-17)13-3-1-2-4-14(13)21-10-12-9-20-11-16-12/h1-4,9,11H,5-8,10H2. The molecule has 0 atom stereocenters. The lowest BCUT2D eigenvalue weighted by atomic mass is 10.2. The maximum absolute atomic E-state index is 12.6. The molecule has 1 fully saturated rings. The second-order valence-corrected chi connectivity index (χ2v) is 6.41. The third kappa shape index (κ3) is 3.64. The van der Waals surface area contributed by atoms with Gasteiger partial charge in [0.05, 0.1) is 30.0 Å². The molecule has 0 saturated carbocycles. The first kappa shape index (κ1) is 14.6. The van der Waals surface area contributed by atoms with E-state index in [0.717, 1.165) is 21.9 Å². The lowest BCUT2D eigenvalue weighted by molar-refractivity contribution is 0.0300. The van der Waals surface area contributed by atoms with Crippen LogP contribution in [0.15, 0.2) is 40.1 Å². The zero-order valence-corrected chi connectivity index (χ0v) is 13.2. The van der Waals surface area contributed by atoms with Crippen molar-refractivity contribution in [2.24, 2.45) is 0 Å². The van der Waals surface area contributed by atoms with Crippen LogP contribution in [0.5, 0.6) is 0 Å². The van der Waals surface area contributed by atoms with E-state index < -0.39 is 0 Å². The number of thiazole rings is 1. The van der Waals surface area contributed by atoms with Crippen LogP contribution in [0.4, 0.5) is 0 Å². The van der Waals surface area contributed by atoms with Crippen LogP contribution in [0.25, 0.3) is 0 Å². The number of morpholine rings is 1. The summed E-state index contributed by atoms with van der Waals surface area (Å²) in [4.78, 5) is 19.8. The quantitative estimate of drug-likeness (QED) is 0.813. The Labute approximate surface area is 132 Å². The largest absolute Gasteiger partial charge is 0.378 e. The van der Waals surface area contributed by atoms with E-state index in [0.29, 0.717) is 26.3 Å². The molecule has 1 aromatic carbocycles. The second-order valence-electron chi connectivity index (χ2n) is 4.67. The Morgan fingerprint density at radius 3 is 2.90 bits per heavy atom. The highest BCUT2D eigenvalue weighted by molar-refractivity contribution is 7.98. The normalized spacial score (nSPS) is 15.1. The number of carbonyl (C=O) groups excluding carboxylic acids is 1. The van der Waals surface area contributed by atoms with Crippen molar-refractivity contribution in [3.05, 3.63) is 46.4 Å². The molecule has 0 spiro atoms. The zero-order valence-electron chi connectivity index (χ0n) is 11.5. The summed E-state index contributed by atoms with van der Waals surface area (Å²) < 4.78 is 5.31. The Kier molecular flexibility index (Phi) is 4.90. The van der Waals surface area contributed by atoms with Gasteiger partial charge in [0.25, 0.3) is 5.91 Å². The summed E-state index contributed by atoms with van der Waals surface area (Å²) in [6.45, 7) is 2.59. The number of benzene rings is 1. The van der Waals surface area contributed by atoms with E-state index in [-0.39, 0.29) is 5.91 Å². The summed E-state index contributed by atoms with van der Waals surface area (Å²) in [7, 11) is 0. The highest BCUT2D eigenvalue weighted by Gasteiger charge is 2.20. The van der Waals surface area contributed by atoms with Gasteiger partial charge in [-0.1, -0.05) is 12.1 Å². The number of hydrogen-bond acceptors (Lipinski definition) is 5. The van der Waals surface area contributed by atoms with Crippen LogP contribution < -0.4 is 0 Å². The zero-order chi connectivity index (χ0) is 14.5. The first-order valence-electron chi connectivity index (χ1n) is 6.80. The molecule has 0 aliphatic carbocycles. The van der Waals surface area contributed by atoms with Crippen molar-refractivity contribution in [1.82, 2.24) is 9.88 Å². The van der Waals surface area contributed by atoms with Crippen molar-refractivity contribution in [2.75, 3.05) is 26.3 Å². The molecule has 4 nitrogen and oxygen atoms in total. The minimum atomic E-state index is 0.0969. The molecule has 110 valence electrons. The van der Waals surface area contributed by atoms with Gasteiger partial charge in [0.15, 0.2) is 0 Å². The Bertz CT molecular complexity index is 595. The third-order valence-corrected chi connectivity index (χ3v) is 5.02. The minimum Gasteiger partial charge on any atom is -0.378 e. The first-order valence-corrected chi connectivity index (χ1v) is 8.73. The van der Waals surface area contributed by atoms with Gasteiger partial charge in [-0.25, -0.2) is 4.98 Å². The lowest BCUT2D eigenvalue weighted by Gasteiger charge is -2.27. The Hall–Kier alpha value is -1.37. The van der Waals surface area contributed by atoms with Crippen LogP contribution in [-0.4, -0.2) is 42.1 Å². The Morgan fingerprint density at radius 1 is 1.33 bits per heavy atom. The molecular formula is C15H16N2O2S2. The molecule has 0 unspecified atom stereocenters. The van der Waals surface area contributed by atoms with Crippen LogP contribution in [0.1, 0.15) is 16.1 Å². The number of rotatable bonds is 4. The first-order chi connectivity index (χ1) is 10.3. The van der Waals surface area contributed by atoms with Crippen molar-refractivity contribution < 1.29 is 9.53 Å². The number of amides is 1. The molecule has 21 heavy (non-hydrogen) atoms. The van der Waals surface area contributed by atoms with Gasteiger partial charge in [-0.3, -0.25) is 4.79 Å². The SMILES string of the molecule is O=C(c1ccccc1SCc1cscn1)N1CCOCC1. The fourth-order valence-corrected chi connectivity index (χ4v) is 3.78. The van der Waals surface area contributed by atoms with Crippen LogP contribution in [0.3, 0.4) is 0 Å². The number of hydrogen-bond donors (Lipinski definition) is 0. The molecule has 2 heterocycles. The monoisotopic (exact) mass is 320 g/mol. The fraction of sp³-hybridized carbons (Fsp3) is 0.333. The van der Waals surface area contributed by atoms with Crippen molar-refractivity contribution in [1.29, 1.82) is 0 Å². The van der Waals surface area contributed by atoms with Crippen LogP contribution in [0, 0.1) is 0 Å². The van der Waals surface area contributed by atoms with E-state index in [1.807, 2.05) is 40.1 Å². The van der Waals surface area contributed by atoms with Crippen molar-refractivity contribution in [3.63, 3.8) is 0 Å². The Morgan fingerprint density at radius 2 is 2.14 bits per heavy atom. The predicted molar refractivity (Wildman–Crippen MR) is 84.8 cm³/mol. The maximum Gasteiger partial charge on any atom is 0.255 e. The molecular weight excluding hydrogens is 304 g/mol. The maximum atomic E-state index is 12.6. The van der Waals surface area contributed by atoms with Crippen molar-refractivity contribution in [2.45, 2.75) is 10.6 Å². The molecule has 1 aromatic heterocycles.